The van der Waals surface area contributed by atoms with Crippen LogP contribution in [0.25, 0.3) is 0 Å². The summed E-state index contributed by atoms with van der Waals surface area (Å²) in [7, 11) is 0. The fourth-order valence-corrected chi connectivity index (χ4v) is 2.52. The van der Waals surface area contributed by atoms with Gasteiger partial charge in [-0.3, -0.25) is 0 Å². The summed E-state index contributed by atoms with van der Waals surface area (Å²) in [5.74, 6) is 8.71. The van der Waals surface area contributed by atoms with Crippen LogP contribution in [0.15, 0.2) is 6.07 Å². The number of piperidine rings is 1. The quantitative estimate of drug-likeness (QED) is 0.633. The van der Waals surface area contributed by atoms with Crippen molar-refractivity contribution in [2.75, 3.05) is 16.9 Å². The van der Waals surface area contributed by atoms with Gasteiger partial charge >= 0.3 is 0 Å². The molecule has 100 valence electrons. The Morgan fingerprint density at radius 1 is 1.44 bits per heavy atom. The number of hydrazine groups is 1. The number of nitrogens with two attached hydrogens (primary N) is 1. The molecular weight excluding hydrogens is 226 g/mol. The number of nitrogen functional groups attached to an aromatic ring is 1. The number of hydrogen-bond acceptors (Lipinski definition) is 5. The van der Waals surface area contributed by atoms with E-state index in [2.05, 4.69) is 41.1 Å². The summed E-state index contributed by atoms with van der Waals surface area (Å²) in [4.78, 5) is 11.3. The summed E-state index contributed by atoms with van der Waals surface area (Å²) >= 11 is 0. The van der Waals surface area contributed by atoms with Gasteiger partial charge in [0.05, 0.1) is 0 Å². The van der Waals surface area contributed by atoms with E-state index in [0.29, 0.717) is 17.8 Å². The average Bonchev–Trinajstić information content (AvgIpc) is 2.41. The minimum atomic E-state index is 0.518. The molecule has 0 bridgehead atoms. The van der Waals surface area contributed by atoms with Gasteiger partial charge < -0.3 is 10.3 Å². The number of anilines is 2. The predicted molar refractivity (Wildman–Crippen MR) is 74.4 cm³/mol. The fourth-order valence-electron chi connectivity index (χ4n) is 2.52. The molecule has 1 aromatic heterocycles. The zero-order valence-corrected chi connectivity index (χ0v) is 11.5. The molecule has 3 N–H and O–H groups in total. The van der Waals surface area contributed by atoms with E-state index < -0.39 is 0 Å². The minimum absolute atomic E-state index is 0.518. The Morgan fingerprint density at radius 3 is 2.89 bits per heavy atom. The zero-order chi connectivity index (χ0) is 13.1. The Kier molecular flexibility index (Phi) is 4.01. The molecule has 0 aliphatic carbocycles. The van der Waals surface area contributed by atoms with Crippen LogP contribution in [-0.4, -0.2) is 22.6 Å². The summed E-state index contributed by atoms with van der Waals surface area (Å²) in [5, 5.41) is 0. The average molecular weight is 249 g/mol. The molecule has 2 heterocycles. The van der Waals surface area contributed by atoms with E-state index in [9.17, 15) is 0 Å². The molecule has 5 heteroatoms. The lowest BCUT2D eigenvalue weighted by Crippen LogP contribution is -2.43. The highest BCUT2D eigenvalue weighted by atomic mass is 15.3. The summed E-state index contributed by atoms with van der Waals surface area (Å²) in [6, 6.07) is 2.46. The fraction of sp³-hybridized carbons (Fsp3) is 0.692. The van der Waals surface area contributed by atoms with E-state index in [-0.39, 0.29) is 0 Å². The van der Waals surface area contributed by atoms with Gasteiger partial charge in [0.25, 0.3) is 0 Å². The molecule has 0 radical (unpaired) electrons. The second-order valence-corrected chi connectivity index (χ2v) is 5.08. The van der Waals surface area contributed by atoms with E-state index in [1.807, 2.05) is 6.07 Å². The Balaban J connectivity index is 2.31. The molecular formula is C13H23N5. The van der Waals surface area contributed by atoms with Crippen molar-refractivity contribution in [2.45, 2.75) is 46.1 Å². The number of rotatable bonds is 3. The van der Waals surface area contributed by atoms with E-state index in [1.165, 1.54) is 12.8 Å². The molecule has 0 saturated carbocycles. The normalized spacial score (nSPS) is 24.1. The van der Waals surface area contributed by atoms with Crippen molar-refractivity contribution < 1.29 is 0 Å². The maximum absolute atomic E-state index is 5.47. The maximum atomic E-state index is 5.47. The van der Waals surface area contributed by atoms with Gasteiger partial charge in [-0.05, 0) is 25.7 Å². The summed E-state index contributed by atoms with van der Waals surface area (Å²) in [5.41, 5.74) is 2.63. The smallest absolute Gasteiger partial charge is 0.145 e. The second-order valence-electron chi connectivity index (χ2n) is 5.08. The van der Waals surface area contributed by atoms with E-state index in [0.717, 1.165) is 24.6 Å². The van der Waals surface area contributed by atoms with Crippen LogP contribution in [0.1, 0.15) is 39.4 Å². The summed E-state index contributed by atoms with van der Waals surface area (Å²) in [6.07, 6.45) is 3.34. The van der Waals surface area contributed by atoms with Crippen LogP contribution in [0.4, 0.5) is 11.6 Å². The molecule has 0 spiro atoms. The van der Waals surface area contributed by atoms with Crippen molar-refractivity contribution >= 4 is 11.6 Å². The van der Waals surface area contributed by atoms with Gasteiger partial charge in [0, 0.05) is 25.1 Å². The third kappa shape index (κ3) is 2.56. The summed E-state index contributed by atoms with van der Waals surface area (Å²) in [6.45, 7) is 7.70. The third-order valence-corrected chi connectivity index (χ3v) is 3.89. The van der Waals surface area contributed by atoms with Gasteiger partial charge in [-0.15, -0.1) is 0 Å². The Morgan fingerprint density at radius 2 is 2.22 bits per heavy atom. The van der Waals surface area contributed by atoms with Gasteiger partial charge in [0.15, 0.2) is 0 Å². The van der Waals surface area contributed by atoms with Crippen LogP contribution in [0, 0.1) is 5.92 Å². The highest BCUT2D eigenvalue weighted by Crippen LogP contribution is 2.28. The highest BCUT2D eigenvalue weighted by molar-refractivity contribution is 5.50. The maximum Gasteiger partial charge on any atom is 0.145 e. The Hall–Kier alpha value is -1.36. The van der Waals surface area contributed by atoms with Gasteiger partial charge in [-0.25, -0.2) is 15.8 Å². The topological polar surface area (TPSA) is 67.1 Å². The molecule has 1 aliphatic heterocycles. The van der Waals surface area contributed by atoms with E-state index >= 15 is 0 Å². The molecule has 2 atom stereocenters. The molecule has 0 amide bonds. The van der Waals surface area contributed by atoms with Crippen LogP contribution in [-0.2, 0) is 6.42 Å². The third-order valence-electron chi connectivity index (χ3n) is 3.89. The molecule has 1 aromatic rings. The molecule has 0 aromatic carbocycles. The lowest BCUT2D eigenvalue weighted by atomic mass is 9.92. The first-order valence-corrected chi connectivity index (χ1v) is 6.77. The Labute approximate surface area is 109 Å². The first-order chi connectivity index (χ1) is 8.65. The van der Waals surface area contributed by atoms with Gasteiger partial charge in [-0.1, -0.05) is 13.8 Å². The van der Waals surface area contributed by atoms with Crippen LogP contribution in [0.3, 0.4) is 0 Å². The molecule has 2 rings (SSSR count). The van der Waals surface area contributed by atoms with Crippen LogP contribution >= 0.6 is 0 Å². The largest absolute Gasteiger partial charge is 0.353 e. The molecule has 1 saturated heterocycles. The second kappa shape index (κ2) is 5.52. The monoisotopic (exact) mass is 249 g/mol. The predicted octanol–water partition coefficient (Wildman–Crippen LogP) is 1.95. The van der Waals surface area contributed by atoms with Crippen molar-refractivity contribution in [1.29, 1.82) is 0 Å². The van der Waals surface area contributed by atoms with Crippen molar-refractivity contribution in [3.05, 3.63) is 11.9 Å². The molecule has 18 heavy (non-hydrogen) atoms. The molecule has 1 fully saturated rings. The lowest BCUT2D eigenvalue weighted by molar-refractivity contribution is 0.361. The van der Waals surface area contributed by atoms with Crippen molar-refractivity contribution in [2.24, 2.45) is 11.8 Å². The first-order valence-electron chi connectivity index (χ1n) is 6.77. The van der Waals surface area contributed by atoms with Gasteiger partial charge in [-0.2, -0.15) is 0 Å². The van der Waals surface area contributed by atoms with Crippen molar-refractivity contribution in [3.63, 3.8) is 0 Å². The first kappa shape index (κ1) is 13.1. The molecule has 1 aliphatic rings. The van der Waals surface area contributed by atoms with Crippen molar-refractivity contribution in [3.8, 4) is 0 Å². The van der Waals surface area contributed by atoms with Crippen molar-refractivity contribution in [1.82, 2.24) is 9.97 Å². The number of nitrogens with one attached hydrogen (secondary N) is 1. The number of nitrogens with zero attached hydrogens (tertiary/aromatic N) is 3. The number of aryl methyl sites for hydroxylation is 1. The van der Waals surface area contributed by atoms with E-state index in [1.54, 1.807) is 0 Å². The van der Waals surface area contributed by atoms with Crippen LogP contribution in [0.5, 0.6) is 0 Å². The summed E-state index contributed by atoms with van der Waals surface area (Å²) < 4.78 is 0. The van der Waals surface area contributed by atoms with E-state index in [4.69, 9.17) is 5.84 Å². The number of aromatic nitrogens is 2. The number of hydrogen-bond donors (Lipinski definition) is 2. The highest BCUT2D eigenvalue weighted by Gasteiger charge is 2.26. The standard InChI is InChI=1S/C13H23N5/c1-4-11-15-12(17-14)8-13(16-11)18-7-5-6-9(2)10(18)3/h8-10H,4-7,14H2,1-3H3,(H,15,16,17). The zero-order valence-electron chi connectivity index (χ0n) is 11.5. The van der Waals surface area contributed by atoms with Gasteiger partial charge in [0.1, 0.15) is 17.5 Å². The minimum Gasteiger partial charge on any atom is -0.353 e. The molecule has 5 nitrogen and oxygen atoms in total. The molecule has 2 unspecified atom stereocenters. The lowest BCUT2D eigenvalue weighted by Gasteiger charge is -2.39. The SMILES string of the molecule is CCc1nc(NN)cc(N2CCCC(C)C2C)n1. The van der Waals surface area contributed by atoms with Crippen LogP contribution < -0.4 is 16.2 Å². The van der Waals surface area contributed by atoms with Gasteiger partial charge in [0.2, 0.25) is 0 Å². The van der Waals surface area contributed by atoms with Crippen LogP contribution in [0.2, 0.25) is 0 Å². The Bertz CT molecular complexity index is 384.